The summed E-state index contributed by atoms with van der Waals surface area (Å²) in [6.07, 6.45) is 1.46. The molecule has 0 bridgehead atoms. The normalized spacial score (nSPS) is 21.6. The number of hydrogen-bond acceptors (Lipinski definition) is 3. The predicted octanol–water partition coefficient (Wildman–Crippen LogP) is 4.40. The van der Waals surface area contributed by atoms with Crippen molar-refractivity contribution in [2.45, 2.75) is 25.0 Å². The topological polar surface area (TPSA) is 46.4 Å². The number of nitrogens with zero attached hydrogens (tertiary/aromatic N) is 1. The number of nitrogens with one attached hydrogen (secondary N) is 1. The summed E-state index contributed by atoms with van der Waals surface area (Å²) in [5, 5.41) is 17.3. The molecule has 0 unspecified atom stereocenters. The maximum atomic E-state index is 10.7. The molecule has 1 aromatic heterocycles. The van der Waals surface area contributed by atoms with Crippen molar-refractivity contribution >= 4 is 45.0 Å². The molecule has 25 heavy (non-hydrogen) atoms. The molecule has 0 spiro atoms. The lowest BCUT2D eigenvalue weighted by Crippen LogP contribution is -2.31. The summed E-state index contributed by atoms with van der Waals surface area (Å²) in [5.74, 6) is 0.630. The molecule has 4 nitrogen and oxygen atoms in total. The molecule has 6 heteroatoms. The van der Waals surface area contributed by atoms with Gasteiger partial charge in [-0.05, 0) is 43.7 Å². The van der Waals surface area contributed by atoms with Crippen LogP contribution in [0, 0.1) is 0 Å². The lowest BCUT2D eigenvalue weighted by Gasteiger charge is -2.24. The number of aromatic nitrogens is 1. The lowest BCUT2D eigenvalue weighted by molar-refractivity contribution is 0.119. The Labute approximate surface area is 156 Å². The zero-order valence-electron chi connectivity index (χ0n) is 13.9. The minimum Gasteiger partial charge on any atom is -0.495 e. The minimum atomic E-state index is -0.460. The highest BCUT2D eigenvalue weighted by atomic mass is 35.5. The van der Waals surface area contributed by atoms with E-state index in [9.17, 15) is 5.11 Å². The van der Waals surface area contributed by atoms with E-state index in [-0.39, 0.29) is 6.04 Å². The Morgan fingerprint density at radius 3 is 2.76 bits per heavy atom. The van der Waals surface area contributed by atoms with Gasteiger partial charge in [-0.2, -0.15) is 0 Å². The van der Waals surface area contributed by atoms with Gasteiger partial charge in [0.25, 0.3) is 0 Å². The van der Waals surface area contributed by atoms with Gasteiger partial charge in [0, 0.05) is 33.9 Å². The molecule has 0 aliphatic carbocycles. The Morgan fingerprint density at radius 1 is 1.16 bits per heavy atom. The maximum absolute atomic E-state index is 10.7. The molecule has 1 aliphatic rings. The third kappa shape index (κ3) is 2.87. The van der Waals surface area contributed by atoms with Crippen molar-refractivity contribution in [2.75, 3.05) is 20.2 Å². The number of methoxy groups -OCH3 is 1. The maximum Gasteiger partial charge on any atom is 0.139 e. The van der Waals surface area contributed by atoms with Gasteiger partial charge in [-0.25, -0.2) is 0 Å². The molecule has 4 rings (SSSR count). The van der Waals surface area contributed by atoms with Crippen LogP contribution in [-0.2, 0) is 0 Å². The molecule has 0 amide bonds. The molecule has 2 N–H and O–H groups in total. The van der Waals surface area contributed by atoms with Crippen LogP contribution in [-0.4, -0.2) is 36.0 Å². The van der Waals surface area contributed by atoms with Crippen molar-refractivity contribution in [2.24, 2.45) is 0 Å². The van der Waals surface area contributed by atoms with E-state index in [0.717, 1.165) is 41.2 Å². The van der Waals surface area contributed by atoms with Gasteiger partial charge >= 0.3 is 0 Å². The second kappa shape index (κ2) is 6.69. The SMILES string of the molecule is COc1cc2c(cc1Cl)c1cc(Cl)ccc1n2[C@H]1CCCNC[C@@H]1O. The Hall–Kier alpha value is -1.46. The fourth-order valence-corrected chi connectivity index (χ4v) is 4.26. The molecule has 132 valence electrons. The highest BCUT2D eigenvalue weighted by Gasteiger charge is 2.27. The molecule has 2 heterocycles. The molecule has 1 aliphatic heterocycles. The largest absolute Gasteiger partial charge is 0.495 e. The molecule has 2 aromatic carbocycles. The first-order valence-electron chi connectivity index (χ1n) is 8.45. The molecular formula is C19H20Cl2N2O2. The number of rotatable bonds is 2. The number of aliphatic hydroxyl groups is 1. The smallest absolute Gasteiger partial charge is 0.139 e. The second-order valence-electron chi connectivity index (χ2n) is 6.52. The first-order valence-corrected chi connectivity index (χ1v) is 9.21. The average Bonchev–Trinajstić information content (AvgIpc) is 2.74. The summed E-state index contributed by atoms with van der Waals surface area (Å²) in [6, 6.07) is 9.73. The first-order chi connectivity index (χ1) is 12.1. The summed E-state index contributed by atoms with van der Waals surface area (Å²) in [6.45, 7) is 1.51. The van der Waals surface area contributed by atoms with Crippen molar-refractivity contribution in [1.82, 2.24) is 9.88 Å². The second-order valence-corrected chi connectivity index (χ2v) is 7.36. The Bertz CT molecular complexity index is 938. The molecule has 1 saturated heterocycles. The highest BCUT2D eigenvalue weighted by molar-refractivity contribution is 6.34. The predicted molar refractivity (Wildman–Crippen MR) is 103 cm³/mol. The molecule has 2 atom stereocenters. The van der Waals surface area contributed by atoms with Crippen LogP contribution in [0.2, 0.25) is 10.0 Å². The van der Waals surface area contributed by atoms with Crippen LogP contribution in [0.25, 0.3) is 21.8 Å². The quantitative estimate of drug-likeness (QED) is 0.694. The Kier molecular flexibility index (Phi) is 4.54. The number of benzene rings is 2. The first kappa shape index (κ1) is 17.0. The van der Waals surface area contributed by atoms with Crippen molar-refractivity contribution in [3.63, 3.8) is 0 Å². The van der Waals surface area contributed by atoms with E-state index in [0.29, 0.717) is 22.3 Å². The molecular weight excluding hydrogens is 359 g/mol. The highest BCUT2D eigenvalue weighted by Crippen LogP contribution is 2.40. The zero-order chi connectivity index (χ0) is 17.6. The standard InChI is InChI=1S/C19H20Cl2N2O2/c1-25-19-9-17-13(8-14(19)21)12-7-11(20)4-5-15(12)23(17)16-3-2-6-22-10-18(16)24/h4-5,7-9,16,18,22,24H,2-3,6,10H2,1H3/t16-,18-/m0/s1. The third-order valence-corrected chi connectivity index (χ3v) is 5.55. The van der Waals surface area contributed by atoms with Crippen LogP contribution in [0.5, 0.6) is 5.75 Å². The van der Waals surface area contributed by atoms with E-state index < -0.39 is 6.10 Å². The van der Waals surface area contributed by atoms with Gasteiger partial charge in [0.15, 0.2) is 0 Å². The van der Waals surface area contributed by atoms with E-state index in [1.807, 2.05) is 30.3 Å². The summed E-state index contributed by atoms with van der Waals surface area (Å²) in [5.41, 5.74) is 2.05. The van der Waals surface area contributed by atoms with Gasteiger partial charge in [-0.15, -0.1) is 0 Å². The van der Waals surface area contributed by atoms with Crippen LogP contribution in [0.3, 0.4) is 0 Å². The van der Waals surface area contributed by atoms with Crippen molar-refractivity contribution in [1.29, 1.82) is 0 Å². The third-order valence-electron chi connectivity index (χ3n) is 5.02. The van der Waals surface area contributed by atoms with Crippen molar-refractivity contribution < 1.29 is 9.84 Å². The van der Waals surface area contributed by atoms with E-state index in [1.54, 1.807) is 7.11 Å². The average molecular weight is 379 g/mol. The van der Waals surface area contributed by atoms with E-state index >= 15 is 0 Å². The lowest BCUT2D eigenvalue weighted by atomic mass is 10.1. The van der Waals surface area contributed by atoms with Crippen molar-refractivity contribution in [3.05, 3.63) is 40.4 Å². The van der Waals surface area contributed by atoms with Gasteiger partial charge in [-0.3, -0.25) is 0 Å². The number of ether oxygens (including phenoxy) is 1. The number of fused-ring (bicyclic) bond motifs is 3. The van der Waals surface area contributed by atoms with E-state index in [4.69, 9.17) is 27.9 Å². The van der Waals surface area contributed by atoms with Crippen LogP contribution in [0.1, 0.15) is 18.9 Å². The van der Waals surface area contributed by atoms with Gasteiger partial charge in [0.2, 0.25) is 0 Å². The molecule has 0 saturated carbocycles. The van der Waals surface area contributed by atoms with Crippen LogP contribution in [0.15, 0.2) is 30.3 Å². The van der Waals surface area contributed by atoms with E-state index in [1.165, 1.54) is 0 Å². The summed E-state index contributed by atoms with van der Waals surface area (Å²) >= 11 is 12.6. The number of aliphatic hydroxyl groups excluding tert-OH is 1. The number of halogens is 2. The van der Waals surface area contributed by atoms with Crippen molar-refractivity contribution in [3.8, 4) is 5.75 Å². The minimum absolute atomic E-state index is 0.0120. The Morgan fingerprint density at radius 2 is 1.96 bits per heavy atom. The van der Waals surface area contributed by atoms with Gasteiger partial charge < -0.3 is 19.7 Å². The number of β-amino-alcohol motifs (C(OH)–C–C–N with tert-alkyl or cyclic N) is 1. The zero-order valence-corrected chi connectivity index (χ0v) is 15.4. The van der Waals surface area contributed by atoms with E-state index in [2.05, 4.69) is 9.88 Å². The molecule has 3 aromatic rings. The van der Waals surface area contributed by atoms with Gasteiger partial charge in [0.1, 0.15) is 5.75 Å². The van der Waals surface area contributed by atoms with Crippen LogP contribution in [0.4, 0.5) is 0 Å². The van der Waals surface area contributed by atoms with Crippen LogP contribution < -0.4 is 10.1 Å². The monoisotopic (exact) mass is 378 g/mol. The molecule has 0 radical (unpaired) electrons. The fourth-order valence-electron chi connectivity index (χ4n) is 3.85. The van der Waals surface area contributed by atoms with Crippen LogP contribution >= 0.6 is 23.2 Å². The fraction of sp³-hybridized carbons (Fsp3) is 0.368. The Balaban J connectivity index is 2.05. The van der Waals surface area contributed by atoms with Gasteiger partial charge in [0.05, 0.1) is 29.8 Å². The molecule has 1 fully saturated rings. The summed E-state index contributed by atoms with van der Waals surface area (Å²) in [4.78, 5) is 0. The number of hydrogen-bond donors (Lipinski definition) is 2. The van der Waals surface area contributed by atoms with Gasteiger partial charge in [-0.1, -0.05) is 23.2 Å². The summed E-state index contributed by atoms with van der Waals surface area (Å²) in [7, 11) is 1.61. The summed E-state index contributed by atoms with van der Waals surface area (Å²) < 4.78 is 7.64.